The van der Waals surface area contributed by atoms with Gasteiger partial charge in [0.25, 0.3) is 5.91 Å². The lowest BCUT2D eigenvalue weighted by Gasteiger charge is -2.32. The minimum absolute atomic E-state index is 0.0804. The lowest BCUT2D eigenvalue weighted by molar-refractivity contribution is -0.135. The first-order valence-electron chi connectivity index (χ1n) is 9.43. The highest BCUT2D eigenvalue weighted by Gasteiger charge is 2.26. The van der Waals surface area contributed by atoms with Gasteiger partial charge in [0.1, 0.15) is 5.69 Å². The van der Waals surface area contributed by atoms with Crippen LogP contribution in [0.25, 0.3) is 11.5 Å². The van der Waals surface area contributed by atoms with Crippen molar-refractivity contribution in [3.8, 4) is 17.3 Å². The van der Waals surface area contributed by atoms with Gasteiger partial charge in [-0.2, -0.15) is 4.98 Å². The number of benzene rings is 1. The summed E-state index contributed by atoms with van der Waals surface area (Å²) in [6.07, 6.45) is 7.13. The maximum Gasteiger partial charge on any atom is 0.260 e. The maximum absolute atomic E-state index is 13.6. The fourth-order valence-electron chi connectivity index (χ4n) is 3.35. The van der Waals surface area contributed by atoms with Crippen molar-refractivity contribution in [2.45, 2.75) is 19.3 Å². The Kier molecular flexibility index (Phi) is 5.73. The van der Waals surface area contributed by atoms with E-state index >= 15 is 0 Å². The van der Waals surface area contributed by atoms with Gasteiger partial charge in [0, 0.05) is 31.9 Å². The third-order valence-electron chi connectivity index (χ3n) is 4.78. The first-order valence-corrected chi connectivity index (χ1v) is 9.43. The summed E-state index contributed by atoms with van der Waals surface area (Å²) in [6, 6.07) is 6.05. The van der Waals surface area contributed by atoms with Gasteiger partial charge in [-0.15, -0.1) is 0 Å². The Hall–Kier alpha value is -3.36. The van der Waals surface area contributed by atoms with Crippen molar-refractivity contribution < 1.29 is 18.4 Å². The standard InChI is InChI=1S/C20H20FN5O3/c21-15-5-1-2-6-17(15)28-13-19(27)26-9-3-4-14(12-26)10-18-24-20(25-29-18)16-11-22-7-8-23-16/h1-2,5-8,11,14H,3-4,9-10,12-13H2. The van der Waals surface area contributed by atoms with Gasteiger partial charge in [-0.1, -0.05) is 17.3 Å². The molecule has 4 rings (SSSR count). The summed E-state index contributed by atoms with van der Waals surface area (Å²) in [6.45, 7) is 1.04. The Morgan fingerprint density at radius 1 is 1.31 bits per heavy atom. The first-order chi connectivity index (χ1) is 14.2. The van der Waals surface area contributed by atoms with Gasteiger partial charge >= 0.3 is 0 Å². The number of piperidine rings is 1. The Morgan fingerprint density at radius 2 is 2.21 bits per heavy atom. The number of para-hydroxylation sites is 1. The van der Waals surface area contributed by atoms with Gasteiger partial charge in [0.2, 0.25) is 11.7 Å². The smallest absolute Gasteiger partial charge is 0.260 e. The number of ether oxygens (including phenoxy) is 1. The summed E-state index contributed by atoms with van der Waals surface area (Å²) in [4.78, 5) is 26.8. The third kappa shape index (κ3) is 4.74. The van der Waals surface area contributed by atoms with Crippen LogP contribution in [-0.4, -0.2) is 50.6 Å². The van der Waals surface area contributed by atoms with Crippen molar-refractivity contribution in [1.82, 2.24) is 25.0 Å². The number of carbonyl (C=O) groups excluding carboxylic acids is 1. The molecule has 0 saturated carbocycles. The second-order valence-corrected chi connectivity index (χ2v) is 6.87. The SMILES string of the molecule is O=C(COc1ccccc1F)N1CCCC(Cc2nc(-c3cnccn3)no2)C1. The number of carbonyl (C=O) groups is 1. The minimum atomic E-state index is -0.480. The van der Waals surface area contributed by atoms with E-state index in [2.05, 4.69) is 20.1 Å². The van der Waals surface area contributed by atoms with Gasteiger partial charge in [-0.05, 0) is 30.9 Å². The zero-order valence-corrected chi connectivity index (χ0v) is 15.7. The minimum Gasteiger partial charge on any atom is -0.481 e. The third-order valence-corrected chi connectivity index (χ3v) is 4.78. The van der Waals surface area contributed by atoms with E-state index in [0.29, 0.717) is 36.9 Å². The predicted octanol–water partition coefficient (Wildman–Crippen LogP) is 2.53. The molecule has 0 aliphatic carbocycles. The van der Waals surface area contributed by atoms with Crippen LogP contribution in [0.15, 0.2) is 47.4 Å². The van der Waals surface area contributed by atoms with Crippen LogP contribution < -0.4 is 4.74 Å². The summed E-state index contributed by atoms with van der Waals surface area (Å²) >= 11 is 0. The van der Waals surface area contributed by atoms with E-state index in [4.69, 9.17) is 9.26 Å². The van der Waals surface area contributed by atoms with Crippen LogP contribution in [0, 0.1) is 11.7 Å². The van der Waals surface area contributed by atoms with Crippen molar-refractivity contribution in [3.05, 3.63) is 54.6 Å². The average molecular weight is 397 g/mol. The lowest BCUT2D eigenvalue weighted by atomic mass is 9.95. The van der Waals surface area contributed by atoms with Crippen LogP contribution in [0.3, 0.4) is 0 Å². The number of aromatic nitrogens is 4. The first kappa shape index (κ1) is 19.0. The summed E-state index contributed by atoms with van der Waals surface area (Å²) in [7, 11) is 0. The molecular formula is C20H20FN5O3. The molecule has 0 bridgehead atoms. The zero-order valence-electron chi connectivity index (χ0n) is 15.7. The van der Waals surface area contributed by atoms with Gasteiger partial charge in [0.15, 0.2) is 18.2 Å². The maximum atomic E-state index is 13.6. The van der Waals surface area contributed by atoms with Crippen LogP contribution in [-0.2, 0) is 11.2 Å². The Morgan fingerprint density at radius 3 is 3.03 bits per heavy atom. The normalized spacial score (nSPS) is 16.6. The summed E-state index contributed by atoms with van der Waals surface area (Å²) in [5.74, 6) is 0.548. The molecule has 1 amide bonds. The quantitative estimate of drug-likeness (QED) is 0.631. The number of nitrogens with zero attached hydrogens (tertiary/aromatic N) is 5. The van der Waals surface area contributed by atoms with E-state index in [1.165, 1.54) is 12.1 Å². The number of halogens is 1. The molecule has 1 atom stereocenters. The fourth-order valence-corrected chi connectivity index (χ4v) is 3.35. The van der Waals surface area contributed by atoms with E-state index in [9.17, 15) is 9.18 Å². The van der Waals surface area contributed by atoms with Crippen LogP contribution >= 0.6 is 0 Å². The number of amides is 1. The lowest BCUT2D eigenvalue weighted by Crippen LogP contribution is -2.42. The monoisotopic (exact) mass is 397 g/mol. The van der Waals surface area contributed by atoms with E-state index in [1.54, 1.807) is 35.6 Å². The van der Waals surface area contributed by atoms with Crippen molar-refractivity contribution in [2.75, 3.05) is 19.7 Å². The molecule has 0 radical (unpaired) electrons. The van der Waals surface area contributed by atoms with E-state index in [-0.39, 0.29) is 24.2 Å². The number of likely N-dealkylation sites (tertiary alicyclic amines) is 1. The van der Waals surface area contributed by atoms with Crippen molar-refractivity contribution in [1.29, 1.82) is 0 Å². The number of rotatable bonds is 6. The highest BCUT2D eigenvalue weighted by Crippen LogP contribution is 2.22. The molecule has 0 spiro atoms. The summed E-state index contributed by atoms with van der Waals surface area (Å²) in [5, 5.41) is 3.95. The Balaban J connectivity index is 1.32. The molecule has 150 valence electrons. The van der Waals surface area contributed by atoms with E-state index in [1.807, 2.05) is 0 Å². The van der Waals surface area contributed by atoms with E-state index in [0.717, 1.165) is 12.8 Å². The Labute approximate surface area is 166 Å². The highest BCUT2D eigenvalue weighted by atomic mass is 19.1. The van der Waals surface area contributed by atoms with Crippen molar-refractivity contribution in [2.24, 2.45) is 5.92 Å². The van der Waals surface area contributed by atoms with Crippen molar-refractivity contribution >= 4 is 5.91 Å². The molecule has 8 nitrogen and oxygen atoms in total. The van der Waals surface area contributed by atoms with Crippen LogP contribution in [0.1, 0.15) is 18.7 Å². The zero-order chi connectivity index (χ0) is 20.1. The molecule has 1 saturated heterocycles. The molecule has 1 fully saturated rings. The van der Waals surface area contributed by atoms with E-state index < -0.39 is 5.82 Å². The van der Waals surface area contributed by atoms with Crippen LogP contribution in [0.4, 0.5) is 4.39 Å². The van der Waals surface area contributed by atoms with Crippen LogP contribution in [0.2, 0.25) is 0 Å². The van der Waals surface area contributed by atoms with Crippen molar-refractivity contribution in [3.63, 3.8) is 0 Å². The summed E-state index contributed by atoms with van der Waals surface area (Å²) < 4.78 is 24.3. The fraction of sp³-hybridized carbons (Fsp3) is 0.350. The van der Waals surface area contributed by atoms with Gasteiger partial charge in [-0.3, -0.25) is 9.78 Å². The molecule has 3 aromatic rings. The largest absolute Gasteiger partial charge is 0.481 e. The number of hydrogen-bond donors (Lipinski definition) is 0. The molecule has 29 heavy (non-hydrogen) atoms. The molecule has 1 unspecified atom stereocenters. The molecule has 9 heteroatoms. The Bertz CT molecular complexity index is 966. The molecule has 1 aliphatic rings. The van der Waals surface area contributed by atoms with Gasteiger partial charge in [0.05, 0.1) is 6.20 Å². The number of hydrogen-bond acceptors (Lipinski definition) is 7. The topological polar surface area (TPSA) is 94.2 Å². The van der Waals surface area contributed by atoms with Crippen LogP contribution in [0.5, 0.6) is 5.75 Å². The highest BCUT2D eigenvalue weighted by molar-refractivity contribution is 5.77. The van der Waals surface area contributed by atoms with Gasteiger partial charge < -0.3 is 14.2 Å². The molecular weight excluding hydrogens is 377 g/mol. The molecule has 3 heterocycles. The second kappa shape index (κ2) is 8.76. The molecule has 1 aromatic carbocycles. The predicted molar refractivity (Wildman–Crippen MR) is 100 cm³/mol. The average Bonchev–Trinajstić information content (AvgIpc) is 3.22. The molecule has 0 N–H and O–H groups in total. The second-order valence-electron chi connectivity index (χ2n) is 6.87. The molecule has 2 aromatic heterocycles. The molecule has 1 aliphatic heterocycles. The summed E-state index contributed by atoms with van der Waals surface area (Å²) in [5.41, 5.74) is 0.549. The van der Waals surface area contributed by atoms with Gasteiger partial charge in [-0.25, -0.2) is 9.37 Å².